The quantitative estimate of drug-likeness (QED) is 0.656. The summed E-state index contributed by atoms with van der Waals surface area (Å²) >= 11 is 0. The van der Waals surface area contributed by atoms with Gasteiger partial charge in [-0.2, -0.15) is 4.31 Å². The maximum absolute atomic E-state index is 13.1. The first kappa shape index (κ1) is 21.2. The number of pyridine rings is 1. The van der Waals surface area contributed by atoms with Gasteiger partial charge in [-0.25, -0.2) is 8.42 Å². The maximum atomic E-state index is 13.1. The van der Waals surface area contributed by atoms with Crippen LogP contribution in [0.3, 0.4) is 0 Å². The Labute approximate surface area is 177 Å². The van der Waals surface area contributed by atoms with E-state index in [2.05, 4.69) is 27.0 Å². The molecule has 0 aromatic carbocycles. The molecule has 0 spiro atoms. The summed E-state index contributed by atoms with van der Waals surface area (Å²) in [4.78, 5) is 19.3. The van der Waals surface area contributed by atoms with Gasteiger partial charge in [-0.3, -0.25) is 14.1 Å². The van der Waals surface area contributed by atoms with Crippen molar-refractivity contribution in [3.63, 3.8) is 0 Å². The zero-order valence-electron chi connectivity index (χ0n) is 17.7. The standard InChI is InChI=1S/C19H29N7O3S/c1-22-7-4-8-24(11-9-22)19(27)15-5-6-17-20-21-18(26(17)13-15)16-14-25(30(3,28)29)12-10-23(16)2/h5-6,13,16H,4,7-12,14H2,1-3H3/t16-/m1/s1. The van der Waals surface area contributed by atoms with Crippen LogP contribution in [0.25, 0.3) is 5.65 Å². The Hall–Kier alpha value is -2.08. The Morgan fingerprint density at radius 2 is 1.83 bits per heavy atom. The van der Waals surface area contributed by atoms with Crippen LogP contribution in [0.2, 0.25) is 0 Å². The maximum Gasteiger partial charge on any atom is 0.255 e. The van der Waals surface area contributed by atoms with Crippen molar-refractivity contribution in [1.82, 2.24) is 33.6 Å². The molecule has 11 heteroatoms. The average molecular weight is 436 g/mol. The minimum absolute atomic E-state index is 0.00149. The summed E-state index contributed by atoms with van der Waals surface area (Å²) in [5, 5.41) is 8.58. The van der Waals surface area contributed by atoms with Crippen molar-refractivity contribution in [2.24, 2.45) is 0 Å². The second-order valence-corrected chi connectivity index (χ2v) is 10.3. The Kier molecular flexibility index (Phi) is 5.80. The van der Waals surface area contributed by atoms with Crippen molar-refractivity contribution in [1.29, 1.82) is 0 Å². The first-order valence-corrected chi connectivity index (χ1v) is 12.1. The third kappa shape index (κ3) is 4.20. The monoisotopic (exact) mass is 435 g/mol. The van der Waals surface area contributed by atoms with Crippen molar-refractivity contribution in [3.05, 3.63) is 29.7 Å². The molecule has 10 nitrogen and oxygen atoms in total. The van der Waals surface area contributed by atoms with Gasteiger partial charge in [-0.15, -0.1) is 10.2 Å². The fraction of sp³-hybridized carbons (Fsp3) is 0.632. The van der Waals surface area contributed by atoms with Crippen LogP contribution in [0.4, 0.5) is 0 Å². The highest BCUT2D eigenvalue weighted by molar-refractivity contribution is 7.88. The zero-order valence-corrected chi connectivity index (χ0v) is 18.5. The molecule has 1 amide bonds. The Morgan fingerprint density at radius 3 is 2.60 bits per heavy atom. The lowest BCUT2D eigenvalue weighted by atomic mass is 10.2. The molecule has 0 radical (unpaired) electrons. The SMILES string of the molecule is CN1CCCN(C(=O)c2ccc3nnc([C@H]4CN(S(C)(=O)=O)CCN4C)n3c2)CC1. The number of fused-ring (bicyclic) bond motifs is 1. The fourth-order valence-corrected chi connectivity index (χ4v) is 4.95. The van der Waals surface area contributed by atoms with Crippen LogP contribution < -0.4 is 0 Å². The number of carbonyl (C=O) groups is 1. The van der Waals surface area contributed by atoms with Gasteiger partial charge < -0.3 is 9.80 Å². The average Bonchev–Trinajstić information content (AvgIpc) is 3.00. The first-order chi connectivity index (χ1) is 14.2. The van der Waals surface area contributed by atoms with Crippen LogP contribution in [0.1, 0.15) is 28.6 Å². The molecular formula is C19H29N7O3S. The van der Waals surface area contributed by atoms with Gasteiger partial charge in [-0.05, 0) is 39.2 Å². The molecule has 0 aliphatic carbocycles. The predicted octanol–water partition coefficient (Wildman–Crippen LogP) is -0.245. The molecule has 2 saturated heterocycles. The van der Waals surface area contributed by atoms with E-state index < -0.39 is 10.0 Å². The summed E-state index contributed by atoms with van der Waals surface area (Å²) < 4.78 is 27.4. The third-order valence-electron chi connectivity index (χ3n) is 6.06. The fourth-order valence-electron chi connectivity index (χ4n) is 4.12. The number of nitrogens with zero attached hydrogens (tertiary/aromatic N) is 7. The molecule has 2 aromatic heterocycles. The molecule has 2 aromatic rings. The van der Waals surface area contributed by atoms with Gasteiger partial charge in [0, 0.05) is 45.5 Å². The highest BCUT2D eigenvalue weighted by Gasteiger charge is 2.33. The Bertz CT molecular complexity index is 1040. The smallest absolute Gasteiger partial charge is 0.255 e. The lowest BCUT2D eigenvalue weighted by Gasteiger charge is -2.37. The molecule has 30 heavy (non-hydrogen) atoms. The van der Waals surface area contributed by atoms with E-state index >= 15 is 0 Å². The summed E-state index contributed by atoms with van der Waals surface area (Å²) in [6.07, 6.45) is 3.97. The second kappa shape index (κ2) is 8.22. The summed E-state index contributed by atoms with van der Waals surface area (Å²) in [5.74, 6) is 0.646. The van der Waals surface area contributed by atoms with E-state index in [-0.39, 0.29) is 11.9 Å². The Morgan fingerprint density at radius 1 is 1.03 bits per heavy atom. The Balaban J connectivity index is 1.63. The lowest BCUT2D eigenvalue weighted by Crippen LogP contribution is -2.49. The minimum atomic E-state index is -3.29. The number of rotatable bonds is 3. The number of amides is 1. The van der Waals surface area contributed by atoms with Crippen molar-refractivity contribution >= 4 is 21.6 Å². The zero-order chi connectivity index (χ0) is 21.5. The minimum Gasteiger partial charge on any atom is -0.337 e. The predicted molar refractivity (Wildman–Crippen MR) is 113 cm³/mol. The van der Waals surface area contributed by atoms with E-state index in [0.717, 1.165) is 26.1 Å². The van der Waals surface area contributed by atoms with E-state index in [1.807, 2.05) is 16.3 Å². The summed E-state index contributed by atoms with van der Waals surface area (Å²) in [5.41, 5.74) is 1.23. The number of aromatic nitrogens is 3. The summed E-state index contributed by atoms with van der Waals surface area (Å²) in [6, 6.07) is 3.35. The number of piperazine rings is 1. The van der Waals surface area contributed by atoms with Gasteiger partial charge in [0.15, 0.2) is 11.5 Å². The molecule has 164 valence electrons. The number of hydrogen-bond donors (Lipinski definition) is 0. The topological polar surface area (TPSA) is 94.4 Å². The normalized spacial score (nSPS) is 23.0. The van der Waals surface area contributed by atoms with Gasteiger partial charge in [0.1, 0.15) is 0 Å². The molecule has 0 saturated carbocycles. The third-order valence-corrected chi connectivity index (χ3v) is 7.33. The largest absolute Gasteiger partial charge is 0.337 e. The summed E-state index contributed by atoms with van der Waals surface area (Å²) in [7, 11) is 0.740. The summed E-state index contributed by atoms with van der Waals surface area (Å²) in [6.45, 7) is 4.67. The van der Waals surface area contributed by atoms with Crippen LogP contribution in [0, 0.1) is 0 Å². The van der Waals surface area contributed by atoms with Crippen LogP contribution in [-0.4, -0.2) is 114 Å². The van der Waals surface area contributed by atoms with Crippen LogP contribution in [-0.2, 0) is 10.0 Å². The van der Waals surface area contributed by atoms with Gasteiger partial charge >= 0.3 is 0 Å². The van der Waals surface area contributed by atoms with E-state index in [0.29, 0.717) is 43.2 Å². The van der Waals surface area contributed by atoms with Crippen molar-refractivity contribution in [2.75, 3.05) is 66.2 Å². The van der Waals surface area contributed by atoms with E-state index in [1.54, 1.807) is 18.3 Å². The van der Waals surface area contributed by atoms with E-state index in [4.69, 9.17) is 0 Å². The molecule has 0 N–H and O–H groups in total. The van der Waals surface area contributed by atoms with Crippen molar-refractivity contribution < 1.29 is 13.2 Å². The molecule has 2 aliphatic heterocycles. The first-order valence-electron chi connectivity index (χ1n) is 10.2. The molecular weight excluding hydrogens is 406 g/mol. The van der Waals surface area contributed by atoms with Gasteiger partial charge in [0.05, 0.1) is 17.9 Å². The number of hydrogen-bond acceptors (Lipinski definition) is 7. The molecule has 1 atom stereocenters. The molecule has 2 aliphatic rings. The molecule has 0 unspecified atom stereocenters. The van der Waals surface area contributed by atoms with E-state index in [1.165, 1.54) is 10.6 Å². The van der Waals surface area contributed by atoms with Crippen LogP contribution in [0.5, 0.6) is 0 Å². The number of likely N-dealkylation sites (N-methyl/N-ethyl adjacent to an activating group) is 2. The molecule has 2 fully saturated rings. The molecule has 0 bridgehead atoms. The number of sulfonamides is 1. The van der Waals surface area contributed by atoms with Crippen LogP contribution >= 0.6 is 0 Å². The van der Waals surface area contributed by atoms with Gasteiger partial charge in [-0.1, -0.05) is 0 Å². The number of carbonyl (C=O) groups excluding carboxylic acids is 1. The highest BCUT2D eigenvalue weighted by Crippen LogP contribution is 2.25. The molecule has 4 heterocycles. The second-order valence-electron chi connectivity index (χ2n) is 8.27. The van der Waals surface area contributed by atoms with Crippen LogP contribution in [0.15, 0.2) is 18.3 Å². The van der Waals surface area contributed by atoms with Gasteiger partial charge in [0.25, 0.3) is 5.91 Å². The van der Waals surface area contributed by atoms with E-state index in [9.17, 15) is 13.2 Å². The molecule has 4 rings (SSSR count). The lowest BCUT2D eigenvalue weighted by molar-refractivity contribution is 0.0762. The highest BCUT2D eigenvalue weighted by atomic mass is 32.2. The van der Waals surface area contributed by atoms with Crippen molar-refractivity contribution in [3.8, 4) is 0 Å². The van der Waals surface area contributed by atoms with Crippen molar-refractivity contribution in [2.45, 2.75) is 12.5 Å². The van der Waals surface area contributed by atoms with Gasteiger partial charge in [0.2, 0.25) is 10.0 Å².